The number of nitrogens with one attached hydrogen (secondary N) is 2. The zero-order chi connectivity index (χ0) is 29.1. The third-order valence-corrected chi connectivity index (χ3v) is 7.01. The third kappa shape index (κ3) is 6.26. The molecule has 5 rings (SSSR count). The van der Waals surface area contributed by atoms with Crippen molar-refractivity contribution >= 4 is 23.3 Å². The Morgan fingerprint density at radius 2 is 1.90 bits per heavy atom. The minimum atomic E-state index is -0.808. The van der Waals surface area contributed by atoms with Gasteiger partial charge in [0.05, 0.1) is 31.3 Å². The highest BCUT2D eigenvalue weighted by Gasteiger charge is 2.22. The maximum Gasteiger partial charge on any atom is 0.257 e. The van der Waals surface area contributed by atoms with Crippen LogP contribution in [0.3, 0.4) is 0 Å². The Hall–Kier alpha value is -4.61. The van der Waals surface area contributed by atoms with Crippen LogP contribution in [0.25, 0.3) is 16.9 Å². The number of fused-ring (bicyclic) bond motifs is 1. The predicted octanol–water partition coefficient (Wildman–Crippen LogP) is 4.84. The van der Waals surface area contributed by atoms with E-state index in [2.05, 4.69) is 25.7 Å². The first-order valence-corrected chi connectivity index (χ1v) is 13.3. The molecular formula is C29H30F2N6O4. The third-order valence-electron chi connectivity index (χ3n) is 7.01. The van der Waals surface area contributed by atoms with Crippen molar-refractivity contribution in [3.63, 3.8) is 0 Å². The lowest BCUT2D eigenvalue weighted by molar-refractivity contribution is -0.114. The number of ether oxygens (including phenoxy) is 2. The van der Waals surface area contributed by atoms with Crippen molar-refractivity contribution in [3.05, 3.63) is 65.0 Å². The second kappa shape index (κ2) is 11.9. The van der Waals surface area contributed by atoms with Crippen molar-refractivity contribution in [2.75, 3.05) is 19.0 Å². The zero-order valence-corrected chi connectivity index (χ0v) is 23.0. The number of carbonyl (C=O) groups is 2. The molecule has 2 amide bonds. The van der Waals surface area contributed by atoms with Crippen LogP contribution in [0.5, 0.6) is 11.6 Å². The van der Waals surface area contributed by atoms with Gasteiger partial charge in [0.1, 0.15) is 22.9 Å². The quantitative estimate of drug-likeness (QED) is 0.298. The smallest absolute Gasteiger partial charge is 0.257 e. The summed E-state index contributed by atoms with van der Waals surface area (Å²) in [5, 5.41) is 9.86. The minimum Gasteiger partial charge on any atom is -0.493 e. The fraction of sp³-hybridized carbons (Fsp3) is 0.345. The second-order valence-electron chi connectivity index (χ2n) is 10.0. The van der Waals surface area contributed by atoms with Crippen LogP contribution in [-0.4, -0.2) is 45.1 Å². The molecule has 0 radical (unpaired) electrons. The zero-order valence-electron chi connectivity index (χ0n) is 23.0. The van der Waals surface area contributed by atoms with Gasteiger partial charge in [0, 0.05) is 36.7 Å². The molecule has 0 atom stereocenters. The van der Waals surface area contributed by atoms with Gasteiger partial charge in [-0.3, -0.25) is 9.59 Å². The molecule has 4 aromatic rings. The maximum absolute atomic E-state index is 14.8. The monoisotopic (exact) mass is 564 g/mol. The number of methoxy groups -OCH3 is 1. The van der Waals surface area contributed by atoms with Gasteiger partial charge < -0.3 is 20.1 Å². The molecule has 0 bridgehead atoms. The highest BCUT2D eigenvalue weighted by molar-refractivity contribution is 5.97. The molecule has 0 saturated heterocycles. The molecule has 3 aromatic heterocycles. The van der Waals surface area contributed by atoms with Gasteiger partial charge in [-0.05, 0) is 43.9 Å². The Morgan fingerprint density at radius 3 is 2.63 bits per heavy atom. The van der Waals surface area contributed by atoms with E-state index >= 15 is 0 Å². The molecule has 0 unspecified atom stereocenters. The average molecular weight is 565 g/mol. The Kier molecular flexibility index (Phi) is 8.09. The van der Waals surface area contributed by atoms with Gasteiger partial charge in [-0.15, -0.1) is 0 Å². The van der Waals surface area contributed by atoms with Crippen molar-refractivity contribution in [2.24, 2.45) is 5.92 Å². The summed E-state index contributed by atoms with van der Waals surface area (Å²) in [5.41, 5.74) is 2.29. The van der Waals surface area contributed by atoms with Gasteiger partial charge in [0.25, 0.3) is 5.91 Å². The Bertz CT molecular complexity index is 1620. The number of halogens is 2. The number of benzene rings is 1. The van der Waals surface area contributed by atoms with E-state index in [1.807, 2.05) is 0 Å². The summed E-state index contributed by atoms with van der Waals surface area (Å²) >= 11 is 0. The Balaban J connectivity index is 1.39. The molecule has 2 N–H and O–H groups in total. The first-order valence-electron chi connectivity index (χ1n) is 13.3. The number of pyridine rings is 1. The standard InChI is InChI=1S/C29H30F2N6O4/c1-16-20(24-8-9-27-35-26(34-17(2)38)14-37(27)36-24)12-21(29(33-16)40-3)28(39)32-13-22-23(31)10-19(30)11-25(22)41-15-18-6-4-5-7-18/h8-12,14,18H,4-7,13,15H2,1-3H3,(H,32,39)(H,34,38). The van der Waals surface area contributed by atoms with Gasteiger partial charge in [0.15, 0.2) is 11.5 Å². The van der Waals surface area contributed by atoms with E-state index in [1.54, 1.807) is 31.3 Å². The van der Waals surface area contributed by atoms with E-state index in [9.17, 15) is 18.4 Å². The molecule has 1 aliphatic rings. The number of carbonyl (C=O) groups excluding carboxylic acids is 2. The predicted molar refractivity (Wildman–Crippen MR) is 147 cm³/mol. The van der Waals surface area contributed by atoms with Crippen LogP contribution in [0.2, 0.25) is 0 Å². The Morgan fingerprint density at radius 1 is 1.12 bits per heavy atom. The lowest BCUT2D eigenvalue weighted by Gasteiger charge is -2.17. The van der Waals surface area contributed by atoms with E-state index in [1.165, 1.54) is 18.5 Å². The van der Waals surface area contributed by atoms with Crippen LogP contribution in [0, 0.1) is 24.5 Å². The molecule has 1 fully saturated rings. The second-order valence-corrected chi connectivity index (χ2v) is 10.0. The van der Waals surface area contributed by atoms with Crippen LogP contribution in [0.4, 0.5) is 14.6 Å². The lowest BCUT2D eigenvalue weighted by atomic mass is 10.1. The largest absolute Gasteiger partial charge is 0.493 e. The van der Waals surface area contributed by atoms with Crippen LogP contribution in [0.1, 0.15) is 54.2 Å². The van der Waals surface area contributed by atoms with Crippen molar-refractivity contribution in [1.29, 1.82) is 0 Å². The lowest BCUT2D eigenvalue weighted by Crippen LogP contribution is -2.25. The summed E-state index contributed by atoms with van der Waals surface area (Å²) in [6.07, 6.45) is 5.85. The molecule has 10 nitrogen and oxygen atoms in total. The summed E-state index contributed by atoms with van der Waals surface area (Å²) in [4.78, 5) is 33.4. The van der Waals surface area contributed by atoms with Crippen molar-refractivity contribution < 1.29 is 27.8 Å². The van der Waals surface area contributed by atoms with E-state index in [0.717, 1.165) is 37.8 Å². The van der Waals surface area contributed by atoms with Gasteiger partial charge in [0.2, 0.25) is 11.8 Å². The minimum absolute atomic E-state index is 0.0548. The molecule has 1 saturated carbocycles. The first-order chi connectivity index (χ1) is 19.7. The molecule has 214 valence electrons. The number of rotatable bonds is 9. The number of hydrogen-bond donors (Lipinski definition) is 2. The Labute approximate surface area is 235 Å². The maximum atomic E-state index is 14.8. The fourth-order valence-corrected chi connectivity index (χ4v) is 4.96. The molecule has 12 heteroatoms. The van der Waals surface area contributed by atoms with Gasteiger partial charge in [-0.1, -0.05) is 12.8 Å². The molecule has 41 heavy (non-hydrogen) atoms. The molecule has 1 aromatic carbocycles. The summed E-state index contributed by atoms with van der Waals surface area (Å²) in [6.45, 7) is 3.27. The van der Waals surface area contributed by atoms with Crippen molar-refractivity contribution in [2.45, 2.75) is 46.1 Å². The van der Waals surface area contributed by atoms with Crippen LogP contribution in [0.15, 0.2) is 36.5 Å². The first kappa shape index (κ1) is 27.9. The molecule has 1 aliphatic carbocycles. The number of aryl methyl sites for hydroxylation is 1. The summed E-state index contributed by atoms with van der Waals surface area (Å²) in [6, 6.07) is 6.95. The van der Waals surface area contributed by atoms with E-state index in [4.69, 9.17) is 9.47 Å². The van der Waals surface area contributed by atoms with E-state index < -0.39 is 17.5 Å². The number of nitrogens with zero attached hydrogens (tertiary/aromatic N) is 4. The van der Waals surface area contributed by atoms with Crippen molar-refractivity contribution in [1.82, 2.24) is 24.9 Å². The topological polar surface area (TPSA) is 120 Å². The number of anilines is 1. The van der Waals surface area contributed by atoms with Gasteiger partial charge >= 0.3 is 0 Å². The summed E-state index contributed by atoms with van der Waals surface area (Å²) in [5.74, 6) is -1.54. The van der Waals surface area contributed by atoms with Gasteiger partial charge in [-0.25, -0.2) is 23.3 Å². The summed E-state index contributed by atoms with van der Waals surface area (Å²) in [7, 11) is 1.40. The van der Waals surface area contributed by atoms with E-state index in [-0.39, 0.29) is 35.2 Å². The normalized spacial score (nSPS) is 13.4. The van der Waals surface area contributed by atoms with Crippen LogP contribution < -0.4 is 20.1 Å². The number of hydrogen-bond acceptors (Lipinski definition) is 7. The summed E-state index contributed by atoms with van der Waals surface area (Å²) < 4.78 is 41.5. The van der Waals surface area contributed by atoms with E-state index in [0.29, 0.717) is 40.9 Å². The van der Waals surface area contributed by atoms with Crippen molar-refractivity contribution in [3.8, 4) is 22.9 Å². The average Bonchev–Trinajstić information content (AvgIpc) is 3.59. The molecule has 3 heterocycles. The number of imidazole rings is 1. The van der Waals surface area contributed by atoms with Crippen LogP contribution in [-0.2, 0) is 11.3 Å². The molecular weight excluding hydrogens is 534 g/mol. The fourth-order valence-electron chi connectivity index (χ4n) is 4.96. The molecule has 0 spiro atoms. The number of amides is 2. The van der Waals surface area contributed by atoms with Gasteiger partial charge in [-0.2, -0.15) is 5.10 Å². The van der Waals surface area contributed by atoms with Crippen LogP contribution >= 0.6 is 0 Å². The highest BCUT2D eigenvalue weighted by atomic mass is 19.1. The number of aromatic nitrogens is 4. The molecule has 0 aliphatic heterocycles. The highest BCUT2D eigenvalue weighted by Crippen LogP contribution is 2.30. The SMILES string of the molecule is COc1nc(C)c(-c2ccc3nc(NC(C)=O)cn3n2)cc1C(=O)NCc1c(F)cc(F)cc1OCC1CCCC1.